The molecule has 0 bridgehead atoms. The average Bonchev–Trinajstić information content (AvgIpc) is 2.81. The van der Waals surface area contributed by atoms with Crippen LogP contribution in [0.3, 0.4) is 0 Å². The zero-order valence-corrected chi connectivity index (χ0v) is 12.6. The van der Waals surface area contributed by atoms with Crippen LogP contribution < -0.4 is 5.56 Å². The highest BCUT2D eigenvalue weighted by atomic mass is 19.4. The molecule has 2 heterocycles. The fourth-order valence-corrected chi connectivity index (χ4v) is 2.87. The molecule has 8 heteroatoms. The summed E-state index contributed by atoms with van der Waals surface area (Å²) in [6.45, 7) is 1.70. The molecule has 1 aromatic carbocycles. The first kappa shape index (κ1) is 16.1. The van der Waals surface area contributed by atoms with Crippen LogP contribution in [-0.4, -0.2) is 20.5 Å². The third kappa shape index (κ3) is 2.64. The maximum atomic E-state index is 12.9. The highest BCUT2D eigenvalue weighted by molar-refractivity contribution is 5.81. The normalized spacial score (nSPS) is 12.2. The number of hydrogen-bond donors (Lipinski definition) is 2. The maximum absolute atomic E-state index is 12.9. The van der Waals surface area contributed by atoms with Gasteiger partial charge in [0.2, 0.25) is 0 Å². The number of benzene rings is 1. The monoisotopic (exact) mass is 338 g/mol. The van der Waals surface area contributed by atoms with Gasteiger partial charge in [-0.15, -0.1) is 0 Å². The number of carbonyl (C=O) groups is 1. The second-order valence-electron chi connectivity index (χ2n) is 5.58. The van der Waals surface area contributed by atoms with E-state index >= 15 is 0 Å². The van der Waals surface area contributed by atoms with Crippen molar-refractivity contribution in [3.8, 4) is 0 Å². The Kier molecular flexibility index (Phi) is 3.62. The van der Waals surface area contributed by atoms with Gasteiger partial charge in [-0.1, -0.05) is 0 Å². The molecule has 5 nitrogen and oxygen atoms in total. The lowest BCUT2D eigenvalue weighted by Crippen LogP contribution is -2.13. The number of aromatic nitrogens is 2. The number of nitrogens with zero attached hydrogens (tertiary/aromatic N) is 1. The maximum Gasteiger partial charge on any atom is 0.416 e. The first-order valence-electron chi connectivity index (χ1n) is 7.14. The fraction of sp³-hybridized carbons (Fsp3) is 0.250. The number of H-pyrrole nitrogens is 1. The van der Waals surface area contributed by atoms with Crippen molar-refractivity contribution in [1.82, 2.24) is 9.38 Å². The number of nitrogens with one attached hydrogen (secondary N) is 1. The molecule has 0 aliphatic carbocycles. The van der Waals surface area contributed by atoms with Gasteiger partial charge < -0.3 is 14.5 Å². The summed E-state index contributed by atoms with van der Waals surface area (Å²) in [5, 5.41) is 8.85. The predicted octanol–water partition coefficient (Wildman–Crippen LogP) is 3.13. The number of aromatic amines is 1. The van der Waals surface area contributed by atoms with E-state index < -0.39 is 23.3 Å². The topological polar surface area (TPSA) is 74.6 Å². The van der Waals surface area contributed by atoms with Crippen LogP contribution >= 0.6 is 0 Å². The van der Waals surface area contributed by atoms with Crippen molar-refractivity contribution in [3.63, 3.8) is 0 Å². The van der Waals surface area contributed by atoms with Crippen LogP contribution in [0.4, 0.5) is 13.2 Å². The first-order valence-corrected chi connectivity index (χ1v) is 7.14. The fourth-order valence-electron chi connectivity index (χ4n) is 2.87. The molecule has 0 spiro atoms. The van der Waals surface area contributed by atoms with Gasteiger partial charge in [0.1, 0.15) is 5.52 Å². The van der Waals surface area contributed by atoms with Gasteiger partial charge in [0.15, 0.2) is 0 Å². The largest absolute Gasteiger partial charge is 0.481 e. The Labute approximate surface area is 133 Å². The second kappa shape index (κ2) is 5.40. The SMILES string of the molecule is Cc1cc(CCC(=O)O)n2c1c(=O)[nH]c1cc(C(F)(F)F)ccc12. The molecule has 2 N–H and O–H groups in total. The Bertz CT molecular complexity index is 1020. The van der Waals surface area contributed by atoms with Gasteiger partial charge in [0, 0.05) is 5.69 Å². The number of hydrogen-bond acceptors (Lipinski definition) is 2. The minimum Gasteiger partial charge on any atom is -0.481 e. The summed E-state index contributed by atoms with van der Waals surface area (Å²) in [7, 11) is 0. The van der Waals surface area contributed by atoms with Gasteiger partial charge in [-0.25, -0.2) is 0 Å². The molecule has 0 radical (unpaired) electrons. The summed E-state index contributed by atoms with van der Waals surface area (Å²) in [4.78, 5) is 25.5. The van der Waals surface area contributed by atoms with Crippen LogP contribution in [0.25, 0.3) is 16.6 Å². The van der Waals surface area contributed by atoms with Crippen LogP contribution in [-0.2, 0) is 17.4 Å². The summed E-state index contributed by atoms with van der Waals surface area (Å²) in [5.41, 5.74) is 0.587. The zero-order chi connectivity index (χ0) is 17.6. The molecule has 0 unspecified atom stereocenters. The highest BCUT2D eigenvalue weighted by Gasteiger charge is 2.30. The lowest BCUT2D eigenvalue weighted by molar-refractivity contribution is -0.138. The van der Waals surface area contributed by atoms with Gasteiger partial charge in [0.05, 0.1) is 23.0 Å². The van der Waals surface area contributed by atoms with Gasteiger partial charge >= 0.3 is 12.1 Å². The number of fused-ring (bicyclic) bond motifs is 3. The zero-order valence-electron chi connectivity index (χ0n) is 12.6. The molecule has 0 aliphatic rings. The molecule has 24 heavy (non-hydrogen) atoms. The van der Waals surface area contributed by atoms with E-state index in [0.717, 1.165) is 12.1 Å². The quantitative estimate of drug-likeness (QED) is 0.770. The number of halogens is 3. The summed E-state index contributed by atoms with van der Waals surface area (Å²) in [6.07, 6.45) is -4.48. The number of alkyl halides is 3. The van der Waals surface area contributed by atoms with Crippen LogP contribution in [0.1, 0.15) is 23.2 Å². The van der Waals surface area contributed by atoms with E-state index in [4.69, 9.17) is 5.11 Å². The Morgan fingerprint density at radius 1 is 1.29 bits per heavy atom. The van der Waals surface area contributed by atoms with Crippen molar-refractivity contribution >= 4 is 22.5 Å². The lowest BCUT2D eigenvalue weighted by Gasteiger charge is -2.10. The third-order valence-corrected chi connectivity index (χ3v) is 3.89. The van der Waals surface area contributed by atoms with Crippen molar-refractivity contribution < 1.29 is 23.1 Å². The summed E-state index contributed by atoms with van der Waals surface area (Å²) in [5.74, 6) is -0.990. The number of aliphatic carboxylic acids is 1. The Morgan fingerprint density at radius 3 is 2.62 bits per heavy atom. The van der Waals surface area contributed by atoms with Gasteiger partial charge in [-0.05, 0) is 43.2 Å². The Balaban J connectivity index is 2.32. The number of aryl methyl sites for hydroxylation is 2. The molecule has 3 aromatic rings. The molecule has 0 fully saturated rings. The van der Waals surface area contributed by atoms with Gasteiger partial charge in [-0.2, -0.15) is 13.2 Å². The summed E-state index contributed by atoms with van der Waals surface area (Å²) in [6, 6.07) is 4.79. The number of carboxylic acid groups (broad SMARTS) is 1. The van der Waals surface area contributed by atoms with Crippen molar-refractivity contribution in [3.05, 3.63) is 51.4 Å². The van der Waals surface area contributed by atoms with Crippen LogP contribution in [0, 0.1) is 6.92 Å². The second-order valence-corrected chi connectivity index (χ2v) is 5.58. The highest BCUT2D eigenvalue weighted by Crippen LogP contribution is 2.31. The standard InChI is InChI=1S/C16H13F3N2O3/c1-8-6-10(3-5-13(22)23)21-12-4-2-9(16(17,18)19)7-11(12)20-15(24)14(8)21/h2,4,6-7H,3,5H2,1H3,(H,20,24)(H,22,23). The number of rotatable bonds is 3. The van der Waals surface area contributed by atoms with E-state index in [1.807, 2.05) is 0 Å². The van der Waals surface area contributed by atoms with E-state index in [1.165, 1.54) is 10.5 Å². The smallest absolute Gasteiger partial charge is 0.416 e. The van der Waals surface area contributed by atoms with E-state index in [-0.39, 0.29) is 18.4 Å². The summed E-state index contributed by atoms with van der Waals surface area (Å²) < 4.78 is 40.1. The molecule has 2 aromatic heterocycles. The minimum atomic E-state index is -4.52. The van der Waals surface area contributed by atoms with Gasteiger partial charge in [0.25, 0.3) is 5.56 Å². The Morgan fingerprint density at radius 2 is 2.00 bits per heavy atom. The van der Waals surface area contributed by atoms with Crippen LogP contribution in [0.5, 0.6) is 0 Å². The lowest BCUT2D eigenvalue weighted by atomic mass is 10.1. The van der Waals surface area contributed by atoms with E-state index in [2.05, 4.69) is 4.98 Å². The Hall–Kier alpha value is -2.77. The van der Waals surface area contributed by atoms with Gasteiger partial charge in [-0.3, -0.25) is 9.59 Å². The van der Waals surface area contributed by atoms with Crippen molar-refractivity contribution in [1.29, 1.82) is 0 Å². The van der Waals surface area contributed by atoms with E-state index in [9.17, 15) is 22.8 Å². The predicted molar refractivity (Wildman–Crippen MR) is 81.2 cm³/mol. The molecule has 3 rings (SSSR count). The first-order chi connectivity index (χ1) is 11.2. The molecule has 0 saturated carbocycles. The molecule has 0 atom stereocenters. The summed E-state index contributed by atoms with van der Waals surface area (Å²) >= 11 is 0. The van der Waals surface area contributed by atoms with Crippen molar-refractivity contribution in [2.45, 2.75) is 25.9 Å². The number of carboxylic acids is 1. The molecule has 0 aliphatic heterocycles. The molecular weight excluding hydrogens is 325 g/mol. The van der Waals surface area contributed by atoms with E-state index in [0.29, 0.717) is 22.3 Å². The molecule has 0 saturated heterocycles. The van der Waals surface area contributed by atoms with Crippen molar-refractivity contribution in [2.24, 2.45) is 0 Å². The average molecular weight is 338 g/mol. The minimum absolute atomic E-state index is 0.0505. The van der Waals surface area contributed by atoms with Crippen molar-refractivity contribution in [2.75, 3.05) is 0 Å². The van der Waals surface area contributed by atoms with Crippen LogP contribution in [0.15, 0.2) is 29.1 Å². The van der Waals surface area contributed by atoms with E-state index in [1.54, 1.807) is 13.0 Å². The molecule has 126 valence electrons. The van der Waals surface area contributed by atoms with Crippen LogP contribution in [0.2, 0.25) is 0 Å². The molecule has 0 amide bonds. The molecular formula is C16H13F3N2O3. The third-order valence-electron chi connectivity index (χ3n) is 3.89.